The fourth-order valence-electron chi connectivity index (χ4n) is 3.17. The first kappa shape index (κ1) is 21.1. The standard InChI is InChI=1S/C23H24N4O3S/c1-3-30-22(28)19(21-26-20(15-31-21)18-6-4-16(2)5-7-18)12-17-13-24-23(25-14-17)27-8-10-29-11-9-27/h4-7,12-15H,3,8-11H2,1-2H3/b19-12+. The van der Waals surface area contributed by atoms with Crippen molar-refractivity contribution in [1.82, 2.24) is 15.0 Å². The van der Waals surface area contributed by atoms with E-state index in [0.29, 0.717) is 41.9 Å². The van der Waals surface area contributed by atoms with Crippen LogP contribution in [0.5, 0.6) is 0 Å². The SMILES string of the molecule is CCOC(=O)/C(=C/c1cnc(N2CCOCC2)nc1)c1nc(-c2ccc(C)cc2)cs1. The number of carbonyl (C=O) groups is 1. The molecule has 0 amide bonds. The monoisotopic (exact) mass is 436 g/mol. The number of hydrogen-bond acceptors (Lipinski definition) is 8. The van der Waals surface area contributed by atoms with E-state index < -0.39 is 5.97 Å². The Kier molecular flexibility index (Phi) is 6.69. The number of benzene rings is 1. The molecule has 0 saturated carbocycles. The Bertz CT molecular complexity index is 1060. The second kappa shape index (κ2) is 9.80. The largest absolute Gasteiger partial charge is 0.462 e. The van der Waals surface area contributed by atoms with Gasteiger partial charge in [0.1, 0.15) is 5.01 Å². The van der Waals surface area contributed by atoms with Crippen LogP contribution in [0.15, 0.2) is 42.0 Å². The fourth-order valence-corrected chi connectivity index (χ4v) is 4.00. The van der Waals surface area contributed by atoms with E-state index in [-0.39, 0.29) is 0 Å². The predicted molar refractivity (Wildman–Crippen MR) is 122 cm³/mol. The average molecular weight is 437 g/mol. The summed E-state index contributed by atoms with van der Waals surface area (Å²) in [5, 5.41) is 2.55. The Labute approximate surface area is 185 Å². The molecule has 7 nitrogen and oxygen atoms in total. The number of rotatable bonds is 6. The van der Waals surface area contributed by atoms with Crippen LogP contribution in [-0.4, -0.2) is 53.8 Å². The van der Waals surface area contributed by atoms with E-state index >= 15 is 0 Å². The van der Waals surface area contributed by atoms with Crippen LogP contribution in [0.2, 0.25) is 0 Å². The summed E-state index contributed by atoms with van der Waals surface area (Å²) in [6.07, 6.45) is 5.16. The number of aromatic nitrogens is 3. The number of nitrogens with zero attached hydrogens (tertiary/aromatic N) is 4. The Morgan fingerprint density at radius 3 is 2.58 bits per heavy atom. The smallest absolute Gasteiger partial charge is 0.341 e. The van der Waals surface area contributed by atoms with Gasteiger partial charge in [0.2, 0.25) is 5.95 Å². The molecule has 3 aromatic rings. The van der Waals surface area contributed by atoms with Crippen molar-refractivity contribution in [2.45, 2.75) is 13.8 Å². The van der Waals surface area contributed by atoms with E-state index in [2.05, 4.69) is 19.9 Å². The highest BCUT2D eigenvalue weighted by Crippen LogP contribution is 2.28. The highest BCUT2D eigenvalue weighted by Gasteiger charge is 2.19. The minimum absolute atomic E-state index is 0.291. The van der Waals surface area contributed by atoms with Gasteiger partial charge in [-0.2, -0.15) is 0 Å². The van der Waals surface area contributed by atoms with Gasteiger partial charge in [0.05, 0.1) is 31.1 Å². The Balaban J connectivity index is 1.61. The van der Waals surface area contributed by atoms with Crippen LogP contribution < -0.4 is 4.90 Å². The molecule has 0 aliphatic carbocycles. The van der Waals surface area contributed by atoms with Gasteiger partial charge in [0, 0.05) is 42.0 Å². The van der Waals surface area contributed by atoms with Gasteiger partial charge in [-0.05, 0) is 19.9 Å². The minimum atomic E-state index is -0.412. The summed E-state index contributed by atoms with van der Waals surface area (Å²) in [5.41, 5.74) is 4.13. The molecule has 0 unspecified atom stereocenters. The van der Waals surface area contributed by atoms with Crippen molar-refractivity contribution in [2.24, 2.45) is 0 Å². The first-order valence-corrected chi connectivity index (χ1v) is 11.1. The van der Waals surface area contributed by atoms with Crippen molar-refractivity contribution < 1.29 is 14.3 Å². The highest BCUT2D eigenvalue weighted by molar-refractivity contribution is 7.11. The molecule has 31 heavy (non-hydrogen) atoms. The molecule has 2 aromatic heterocycles. The molecule has 1 aliphatic heterocycles. The third-order valence-corrected chi connectivity index (χ3v) is 5.72. The molecule has 1 saturated heterocycles. The average Bonchev–Trinajstić information content (AvgIpc) is 3.29. The summed E-state index contributed by atoms with van der Waals surface area (Å²) < 4.78 is 10.6. The molecule has 0 atom stereocenters. The van der Waals surface area contributed by atoms with Gasteiger partial charge >= 0.3 is 5.97 Å². The molecule has 1 aliphatic rings. The van der Waals surface area contributed by atoms with Crippen LogP contribution >= 0.6 is 11.3 Å². The zero-order valence-corrected chi connectivity index (χ0v) is 18.4. The van der Waals surface area contributed by atoms with Crippen molar-refractivity contribution in [2.75, 3.05) is 37.8 Å². The van der Waals surface area contributed by atoms with Crippen LogP contribution in [0, 0.1) is 6.92 Å². The molecule has 0 radical (unpaired) electrons. The van der Waals surface area contributed by atoms with Crippen molar-refractivity contribution in [3.8, 4) is 11.3 Å². The van der Waals surface area contributed by atoms with Crippen LogP contribution in [0.3, 0.4) is 0 Å². The van der Waals surface area contributed by atoms with E-state index in [1.54, 1.807) is 25.4 Å². The summed E-state index contributed by atoms with van der Waals surface area (Å²) in [7, 11) is 0. The van der Waals surface area contributed by atoms with Gasteiger partial charge in [-0.15, -0.1) is 11.3 Å². The summed E-state index contributed by atoms with van der Waals surface area (Å²) in [6.45, 7) is 7.00. The molecule has 0 N–H and O–H groups in total. The third-order valence-electron chi connectivity index (χ3n) is 4.84. The second-order valence-electron chi connectivity index (χ2n) is 7.10. The molecule has 8 heteroatoms. The van der Waals surface area contributed by atoms with Crippen LogP contribution in [-0.2, 0) is 14.3 Å². The highest BCUT2D eigenvalue weighted by atomic mass is 32.1. The fraction of sp³-hybridized carbons (Fsp3) is 0.304. The number of morpholine rings is 1. The lowest BCUT2D eigenvalue weighted by Gasteiger charge is -2.26. The zero-order valence-electron chi connectivity index (χ0n) is 17.6. The number of ether oxygens (including phenoxy) is 2. The lowest BCUT2D eigenvalue weighted by atomic mass is 10.1. The van der Waals surface area contributed by atoms with E-state index in [1.165, 1.54) is 16.9 Å². The van der Waals surface area contributed by atoms with Crippen LogP contribution in [0.1, 0.15) is 23.1 Å². The van der Waals surface area contributed by atoms with Gasteiger partial charge in [-0.25, -0.2) is 19.7 Å². The summed E-state index contributed by atoms with van der Waals surface area (Å²) in [6, 6.07) is 8.15. The molecule has 160 valence electrons. The lowest BCUT2D eigenvalue weighted by molar-refractivity contribution is -0.136. The number of aryl methyl sites for hydroxylation is 1. The molecule has 4 rings (SSSR count). The minimum Gasteiger partial charge on any atom is -0.462 e. The van der Waals surface area contributed by atoms with Crippen LogP contribution in [0.25, 0.3) is 22.9 Å². The molecule has 1 fully saturated rings. The Morgan fingerprint density at radius 1 is 1.19 bits per heavy atom. The summed E-state index contributed by atoms with van der Waals surface area (Å²) in [5.74, 6) is 0.249. The second-order valence-corrected chi connectivity index (χ2v) is 7.96. The van der Waals surface area contributed by atoms with Crippen LogP contribution in [0.4, 0.5) is 5.95 Å². The maximum atomic E-state index is 12.7. The molecule has 0 spiro atoms. The summed E-state index contributed by atoms with van der Waals surface area (Å²) in [4.78, 5) is 28.4. The van der Waals surface area contributed by atoms with E-state index in [9.17, 15) is 4.79 Å². The first-order valence-electron chi connectivity index (χ1n) is 10.2. The summed E-state index contributed by atoms with van der Waals surface area (Å²) >= 11 is 1.41. The van der Waals surface area contributed by atoms with Crippen molar-refractivity contribution >= 4 is 34.9 Å². The maximum absolute atomic E-state index is 12.7. The first-order chi connectivity index (χ1) is 15.1. The number of carbonyl (C=O) groups excluding carboxylic acids is 1. The van der Waals surface area contributed by atoms with Gasteiger partial charge in [0.15, 0.2) is 0 Å². The predicted octanol–water partition coefficient (Wildman–Crippen LogP) is 3.85. The molecule has 0 bridgehead atoms. The van der Waals surface area contributed by atoms with Gasteiger partial charge in [0.25, 0.3) is 0 Å². The molecule has 1 aromatic carbocycles. The van der Waals surface area contributed by atoms with Gasteiger partial charge < -0.3 is 14.4 Å². The Hall–Kier alpha value is -3.10. The third kappa shape index (κ3) is 5.15. The Morgan fingerprint density at radius 2 is 1.90 bits per heavy atom. The molecular formula is C23H24N4O3S. The molecule has 3 heterocycles. The van der Waals surface area contributed by atoms with E-state index in [4.69, 9.17) is 9.47 Å². The van der Waals surface area contributed by atoms with Gasteiger partial charge in [-0.1, -0.05) is 29.8 Å². The number of esters is 1. The topological polar surface area (TPSA) is 77.4 Å². The lowest BCUT2D eigenvalue weighted by Crippen LogP contribution is -2.37. The molecular weight excluding hydrogens is 412 g/mol. The van der Waals surface area contributed by atoms with Gasteiger partial charge in [-0.3, -0.25) is 0 Å². The quantitative estimate of drug-likeness (QED) is 0.429. The van der Waals surface area contributed by atoms with E-state index in [0.717, 1.165) is 24.3 Å². The number of anilines is 1. The number of thiazole rings is 1. The number of hydrogen-bond donors (Lipinski definition) is 0. The van der Waals surface area contributed by atoms with Crippen molar-refractivity contribution in [3.63, 3.8) is 0 Å². The zero-order chi connectivity index (χ0) is 21.6. The van der Waals surface area contributed by atoms with E-state index in [1.807, 2.05) is 36.6 Å². The maximum Gasteiger partial charge on any atom is 0.341 e. The van der Waals surface area contributed by atoms with Crippen molar-refractivity contribution in [3.05, 3.63) is 58.2 Å². The van der Waals surface area contributed by atoms with Crippen molar-refractivity contribution in [1.29, 1.82) is 0 Å². The normalized spacial score (nSPS) is 14.5.